The molecular weight excluding hydrogens is 294 g/mol. The number of amides is 1. The van der Waals surface area contributed by atoms with Crippen LogP contribution in [0.4, 0.5) is 5.69 Å². The van der Waals surface area contributed by atoms with Crippen molar-refractivity contribution in [3.63, 3.8) is 0 Å². The fraction of sp³-hybridized carbons (Fsp3) is 0.632. The summed E-state index contributed by atoms with van der Waals surface area (Å²) >= 11 is 5.81. The lowest BCUT2D eigenvalue weighted by Crippen LogP contribution is -2.10. The number of hydrogen-bond acceptors (Lipinski definition) is 1. The second kappa shape index (κ2) is 12.5. The van der Waals surface area contributed by atoms with Crippen molar-refractivity contribution in [2.45, 2.75) is 77.6 Å². The SMILES string of the molecule is CCCCCCCCCCCCC(=O)Nc1ccc(Cl)cc1. The van der Waals surface area contributed by atoms with Crippen LogP contribution in [0.2, 0.25) is 5.02 Å². The summed E-state index contributed by atoms with van der Waals surface area (Å²) in [5.74, 6) is 0.0990. The Balaban J connectivity index is 1.93. The molecule has 0 fully saturated rings. The van der Waals surface area contributed by atoms with Crippen molar-refractivity contribution in [1.82, 2.24) is 0 Å². The molecule has 0 aliphatic carbocycles. The van der Waals surface area contributed by atoms with Crippen LogP contribution in [-0.2, 0) is 4.79 Å². The van der Waals surface area contributed by atoms with E-state index in [1.165, 1.54) is 51.4 Å². The van der Waals surface area contributed by atoms with Crippen LogP contribution in [0, 0.1) is 0 Å². The normalized spacial score (nSPS) is 10.6. The molecule has 1 aromatic rings. The molecule has 2 nitrogen and oxygen atoms in total. The molecular formula is C19H30ClNO. The minimum Gasteiger partial charge on any atom is -0.326 e. The summed E-state index contributed by atoms with van der Waals surface area (Å²) < 4.78 is 0. The summed E-state index contributed by atoms with van der Waals surface area (Å²) in [4.78, 5) is 11.8. The third-order valence-electron chi connectivity index (χ3n) is 3.89. The molecule has 1 rings (SSSR count). The second-order valence-corrected chi connectivity index (χ2v) is 6.42. The van der Waals surface area contributed by atoms with Crippen LogP contribution in [0.25, 0.3) is 0 Å². The molecule has 0 saturated heterocycles. The molecule has 0 unspecified atom stereocenters. The first-order chi connectivity index (χ1) is 10.7. The van der Waals surface area contributed by atoms with E-state index in [4.69, 9.17) is 11.6 Å². The van der Waals surface area contributed by atoms with Gasteiger partial charge in [-0.2, -0.15) is 0 Å². The molecule has 0 bridgehead atoms. The van der Waals surface area contributed by atoms with Crippen molar-refractivity contribution in [2.75, 3.05) is 5.32 Å². The third kappa shape index (κ3) is 9.83. The van der Waals surface area contributed by atoms with Crippen molar-refractivity contribution in [1.29, 1.82) is 0 Å². The maximum absolute atomic E-state index is 11.8. The molecule has 0 atom stereocenters. The Morgan fingerprint density at radius 2 is 1.36 bits per heavy atom. The van der Waals surface area contributed by atoms with Crippen LogP contribution in [0.3, 0.4) is 0 Å². The summed E-state index contributed by atoms with van der Waals surface area (Å²) in [6, 6.07) is 7.24. The minimum absolute atomic E-state index is 0.0990. The predicted octanol–water partition coefficient (Wildman–Crippen LogP) is 6.59. The lowest BCUT2D eigenvalue weighted by Gasteiger charge is -2.05. The maximum atomic E-state index is 11.8. The molecule has 1 aromatic carbocycles. The molecule has 1 amide bonds. The Morgan fingerprint density at radius 3 is 1.91 bits per heavy atom. The van der Waals surface area contributed by atoms with E-state index >= 15 is 0 Å². The molecule has 0 aliphatic rings. The van der Waals surface area contributed by atoms with Gasteiger partial charge in [0.1, 0.15) is 0 Å². The highest BCUT2D eigenvalue weighted by atomic mass is 35.5. The molecule has 0 aromatic heterocycles. The zero-order valence-corrected chi connectivity index (χ0v) is 14.6. The van der Waals surface area contributed by atoms with Gasteiger partial charge in [-0.1, -0.05) is 76.3 Å². The molecule has 3 heteroatoms. The zero-order chi connectivity index (χ0) is 16.0. The van der Waals surface area contributed by atoms with Gasteiger partial charge in [-0.25, -0.2) is 0 Å². The van der Waals surface area contributed by atoms with Gasteiger partial charge in [0.25, 0.3) is 0 Å². The maximum Gasteiger partial charge on any atom is 0.224 e. The Kier molecular flexibility index (Phi) is 10.8. The van der Waals surface area contributed by atoms with Gasteiger partial charge in [0.05, 0.1) is 0 Å². The highest BCUT2D eigenvalue weighted by Gasteiger charge is 2.02. The number of rotatable bonds is 12. The largest absolute Gasteiger partial charge is 0.326 e. The van der Waals surface area contributed by atoms with E-state index in [-0.39, 0.29) is 5.91 Å². The lowest BCUT2D eigenvalue weighted by molar-refractivity contribution is -0.116. The van der Waals surface area contributed by atoms with Crippen molar-refractivity contribution < 1.29 is 4.79 Å². The van der Waals surface area contributed by atoms with Crippen molar-refractivity contribution in [3.05, 3.63) is 29.3 Å². The number of halogens is 1. The highest BCUT2D eigenvalue weighted by molar-refractivity contribution is 6.30. The summed E-state index contributed by atoms with van der Waals surface area (Å²) in [5.41, 5.74) is 0.821. The van der Waals surface area contributed by atoms with E-state index in [2.05, 4.69) is 12.2 Å². The number of carbonyl (C=O) groups is 1. The predicted molar refractivity (Wildman–Crippen MR) is 96.5 cm³/mol. The number of hydrogen-bond donors (Lipinski definition) is 1. The Bertz CT molecular complexity index is 402. The fourth-order valence-corrected chi connectivity index (χ4v) is 2.66. The first-order valence-corrected chi connectivity index (χ1v) is 9.15. The molecule has 0 heterocycles. The van der Waals surface area contributed by atoms with Gasteiger partial charge in [0.2, 0.25) is 5.91 Å². The minimum atomic E-state index is 0.0990. The smallest absolute Gasteiger partial charge is 0.224 e. The molecule has 0 saturated carbocycles. The van der Waals surface area contributed by atoms with Crippen molar-refractivity contribution in [3.8, 4) is 0 Å². The lowest BCUT2D eigenvalue weighted by atomic mass is 10.1. The summed E-state index contributed by atoms with van der Waals surface area (Å²) in [6.45, 7) is 2.25. The van der Waals surface area contributed by atoms with E-state index in [0.717, 1.165) is 18.5 Å². The van der Waals surface area contributed by atoms with Crippen LogP contribution < -0.4 is 5.32 Å². The Morgan fingerprint density at radius 1 is 0.864 bits per heavy atom. The third-order valence-corrected chi connectivity index (χ3v) is 4.14. The first-order valence-electron chi connectivity index (χ1n) is 8.78. The van der Waals surface area contributed by atoms with Gasteiger partial charge in [-0.3, -0.25) is 4.79 Å². The van der Waals surface area contributed by atoms with E-state index in [1.54, 1.807) is 12.1 Å². The number of benzene rings is 1. The second-order valence-electron chi connectivity index (χ2n) is 5.99. The highest BCUT2D eigenvalue weighted by Crippen LogP contribution is 2.15. The summed E-state index contributed by atoms with van der Waals surface area (Å²) in [7, 11) is 0. The molecule has 0 radical (unpaired) electrons. The first kappa shape index (κ1) is 19.0. The van der Waals surface area contributed by atoms with Gasteiger partial charge in [-0.15, -0.1) is 0 Å². The quantitative estimate of drug-likeness (QED) is 0.432. The van der Waals surface area contributed by atoms with Gasteiger partial charge >= 0.3 is 0 Å². The average molecular weight is 324 g/mol. The summed E-state index contributed by atoms with van der Waals surface area (Å²) in [6.07, 6.45) is 13.5. The standard InChI is InChI=1S/C19H30ClNO/c1-2-3-4-5-6-7-8-9-10-11-12-19(22)21-18-15-13-17(20)14-16-18/h13-16H,2-12H2,1H3,(H,21,22). The Hall–Kier alpha value is -1.02. The van der Waals surface area contributed by atoms with Gasteiger partial charge in [0, 0.05) is 17.1 Å². The van der Waals surface area contributed by atoms with E-state index in [0.29, 0.717) is 11.4 Å². The molecule has 124 valence electrons. The fourth-order valence-electron chi connectivity index (χ4n) is 2.53. The van der Waals surface area contributed by atoms with Crippen LogP contribution in [0.15, 0.2) is 24.3 Å². The van der Waals surface area contributed by atoms with Crippen LogP contribution in [0.5, 0.6) is 0 Å². The topological polar surface area (TPSA) is 29.1 Å². The van der Waals surface area contributed by atoms with Gasteiger partial charge in [-0.05, 0) is 30.7 Å². The Labute approximate surface area is 140 Å². The summed E-state index contributed by atoms with van der Waals surface area (Å²) in [5, 5.41) is 3.59. The van der Waals surface area contributed by atoms with Crippen LogP contribution in [0.1, 0.15) is 77.6 Å². The van der Waals surface area contributed by atoms with E-state index in [1.807, 2.05) is 12.1 Å². The van der Waals surface area contributed by atoms with Crippen LogP contribution in [-0.4, -0.2) is 5.91 Å². The molecule has 22 heavy (non-hydrogen) atoms. The van der Waals surface area contributed by atoms with E-state index in [9.17, 15) is 4.79 Å². The molecule has 0 aliphatic heterocycles. The number of unbranched alkanes of at least 4 members (excludes halogenated alkanes) is 9. The van der Waals surface area contributed by atoms with Crippen molar-refractivity contribution in [2.24, 2.45) is 0 Å². The molecule has 0 spiro atoms. The van der Waals surface area contributed by atoms with Crippen LogP contribution >= 0.6 is 11.6 Å². The number of nitrogens with one attached hydrogen (secondary N) is 1. The monoisotopic (exact) mass is 323 g/mol. The number of carbonyl (C=O) groups excluding carboxylic acids is 1. The average Bonchev–Trinajstić information content (AvgIpc) is 2.51. The number of anilines is 1. The zero-order valence-electron chi connectivity index (χ0n) is 13.9. The van der Waals surface area contributed by atoms with E-state index < -0.39 is 0 Å². The molecule has 1 N–H and O–H groups in total. The van der Waals surface area contributed by atoms with Gasteiger partial charge in [0.15, 0.2) is 0 Å². The van der Waals surface area contributed by atoms with Gasteiger partial charge < -0.3 is 5.32 Å². The van der Waals surface area contributed by atoms with Crippen molar-refractivity contribution >= 4 is 23.2 Å².